The topological polar surface area (TPSA) is 104 Å². The predicted octanol–water partition coefficient (Wildman–Crippen LogP) is 3.80. The van der Waals surface area contributed by atoms with Crippen molar-refractivity contribution in [2.45, 2.75) is 6.92 Å². The molecule has 0 spiro atoms. The molecule has 3 rings (SSSR count). The van der Waals surface area contributed by atoms with Crippen molar-refractivity contribution in [3.05, 3.63) is 65.7 Å². The van der Waals surface area contributed by atoms with Gasteiger partial charge in [0, 0.05) is 0 Å². The van der Waals surface area contributed by atoms with Crippen LogP contribution in [0.3, 0.4) is 0 Å². The molecule has 27 heavy (non-hydrogen) atoms. The fourth-order valence-corrected chi connectivity index (χ4v) is 2.47. The molecule has 7 heteroatoms. The van der Waals surface area contributed by atoms with Crippen LogP contribution in [-0.4, -0.2) is 34.5 Å². The van der Waals surface area contributed by atoms with Gasteiger partial charge in [-0.25, -0.2) is 4.98 Å². The summed E-state index contributed by atoms with van der Waals surface area (Å²) in [6, 6.07) is 16.7. The van der Waals surface area contributed by atoms with Crippen molar-refractivity contribution in [1.29, 1.82) is 5.26 Å². The third kappa shape index (κ3) is 4.07. The van der Waals surface area contributed by atoms with Gasteiger partial charge >= 0.3 is 0 Å². The van der Waals surface area contributed by atoms with E-state index in [9.17, 15) is 10.4 Å². The van der Waals surface area contributed by atoms with Crippen LogP contribution in [0.4, 0.5) is 0 Å². The predicted molar refractivity (Wildman–Crippen MR) is 102 cm³/mol. The van der Waals surface area contributed by atoms with Gasteiger partial charge in [0.2, 0.25) is 0 Å². The van der Waals surface area contributed by atoms with Crippen molar-refractivity contribution < 1.29 is 14.7 Å². The lowest BCUT2D eigenvalue weighted by atomic mass is 10.1. The number of hydrogen-bond donors (Lipinski definition) is 2. The first kappa shape index (κ1) is 18.0. The fourth-order valence-electron chi connectivity index (χ4n) is 2.47. The monoisotopic (exact) mass is 362 g/mol. The van der Waals surface area contributed by atoms with Crippen LogP contribution in [-0.2, 0) is 4.84 Å². The number of aromatic amines is 1. The Kier molecular flexibility index (Phi) is 5.38. The minimum Gasteiger partial charge on any atom is -0.507 e. The molecule has 0 aliphatic rings. The number of aliphatic hydroxyl groups is 1. The molecule has 0 unspecified atom stereocenters. The first-order valence-corrected chi connectivity index (χ1v) is 8.20. The number of methoxy groups -OCH3 is 1. The molecule has 0 saturated carbocycles. The van der Waals surface area contributed by atoms with E-state index in [1.165, 1.54) is 0 Å². The zero-order valence-corrected chi connectivity index (χ0v) is 14.9. The molecule has 1 aromatic heterocycles. The molecule has 2 N–H and O–H groups in total. The number of nitrogens with one attached hydrogen (secondary N) is 1. The Morgan fingerprint density at radius 3 is 2.63 bits per heavy atom. The molecule has 0 radical (unpaired) electrons. The summed E-state index contributed by atoms with van der Waals surface area (Å²) in [6.07, 6.45) is 0. The van der Waals surface area contributed by atoms with E-state index in [0.717, 1.165) is 16.8 Å². The van der Waals surface area contributed by atoms with Crippen LogP contribution < -0.4 is 4.74 Å². The van der Waals surface area contributed by atoms with Gasteiger partial charge in [0.1, 0.15) is 17.4 Å². The van der Waals surface area contributed by atoms with Gasteiger partial charge in [-0.2, -0.15) is 5.26 Å². The van der Waals surface area contributed by atoms with Gasteiger partial charge in [-0.15, -0.1) is 0 Å². The SMILES string of the molecule is COc1ccc(C(C)=NOC/C(O)=C(\C#N)c2nc3ccccc3[nH]2)cc1. The summed E-state index contributed by atoms with van der Waals surface area (Å²) < 4.78 is 5.11. The minimum atomic E-state index is -0.247. The minimum absolute atomic E-state index is 0.0171. The summed E-state index contributed by atoms with van der Waals surface area (Å²) in [5.74, 6) is 0.788. The molecule has 0 amide bonds. The average molecular weight is 362 g/mol. The van der Waals surface area contributed by atoms with E-state index in [1.54, 1.807) is 14.0 Å². The van der Waals surface area contributed by atoms with E-state index in [4.69, 9.17) is 9.57 Å². The molecule has 0 atom stereocenters. The molecular formula is C20H18N4O3. The van der Waals surface area contributed by atoms with Crippen LogP contribution in [0.5, 0.6) is 5.75 Å². The summed E-state index contributed by atoms with van der Waals surface area (Å²) >= 11 is 0. The lowest BCUT2D eigenvalue weighted by molar-refractivity contribution is 0.137. The normalized spacial score (nSPS) is 12.4. The van der Waals surface area contributed by atoms with E-state index in [-0.39, 0.29) is 23.8 Å². The summed E-state index contributed by atoms with van der Waals surface area (Å²) in [5.41, 5.74) is 3.00. The number of aliphatic hydroxyl groups excluding tert-OH is 1. The number of allylic oxidation sites excluding steroid dienone is 1. The molecule has 0 saturated heterocycles. The highest BCUT2D eigenvalue weighted by Crippen LogP contribution is 2.19. The van der Waals surface area contributed by atoms with Gasteiger partial charge in [0.25, 0.3) is 0 Å². The lowest BCUT2D eigenvalue weighted by Gasteiger charge is -2.04. The van der Waals surface area contributed by atoms with Crippen LogP contribution in [0.1, 0.15) is 18.3 Å². The number of fused-ring (bicyclic) bond motifs is 1. The summed E-state index contributed by atoms with van der Waals surface area (Å²) in [6.45, 7) is 1.54. The van der Waals surface area contributed by atoms with Gasteiger partial charge in [-0.05, 0) is 48.9 Å². The number of imidazole rings is 1. The van der Waals surface area contributed by atoms with E-state index in [0.29, 0.717) is 11.2 Å². The van der Waals surface area contributed by atoms with E-state index >= 15 is 0 Å². The number of benzene rings is 2. The molecule has 136 valence electrons. The van der Waals surface area contributed by atoms with Gasteiger partial charge in [-0.3, -0.25) is 0 Å². The van der Waals surface area contributed by atoms with Crippen LogP contribution >= 0.6 is 0 Å². The number of hydrogen-bond acceptors (Lipinski definition) is 6. The smallest absolute Gasteiger partial charge is 0.175 e. The highest BCUT2D eigenvalue weighted by Gasteiger charge is 2.13. The number of oxime groups is 1. The highest BCUT2D eigenvalue weighted by atomic mass is 16.6. The Bertz CT molecular complexity index is 1010. The van der Waals surface area contributed by atoms with Gasteiger partial charge in [-0.1, -0.05) is 17.3 Å². The van der Waals surface area contributed by atoms with Crippen LogP contribution in [0, 0.1) is 11.3 Å². The number of ether oxygens (including phenoxy) is 1. The van der Waals surface area contributed by atoms with Crippen LogP contribution in [0.15, 0.2) is 59.4 Å². The van der Waals surface area contributed by atoms with E-state index < -0.39 is 0 Å². The zero-order valence-electron chi connectivity index (χ0n) is 14.9. The largest absolute Gasteiger partial charge is 0.507 e. The van der Waals surface area contributed by atoms with Crippen molar-refractivity contribution in [1.82, 2.24) is 9.97 Å². The summed E-state index contributed by atoms with van der Waals surface area (Å²) in [5, 5.41) is 23.6. The maximum absolute atomic E-state index is 10.2. The van der Waals surface area contributed by atoms with Gasteiger partial charge in [0.15, 0.2) is 18.2 Å². The number of H-pyrrole nitrogens is 1. The van der Waals surface area contributed by atoms with E-state index in [1.807, 2.05) is 54.6 Å². The number of para-hydroxylation sites is 2. The maximum atomic E-state index is 10.2. The van der Waals surface area contributed by atoms with Crippen molar-refractivity contribution in [3.8, 4) is 11.8 Å². The molecule has 2 aromatic carbocycles. The van der Waals surface area contributed by atoms with Gasteiger partial charge < -0.3 is 19.7 Å². The Morgan fingerprint density at radius 1 is 1.22 bits per heavy atom. The second-order valence-corrected chi connectivity index (χ2v) is 5.71. The second-order valence-electron chi connectivity index (χ2n) is 5.71. The number of aromatic nitrogens is 2. The molecule has 1 heterocycles. The number of nitrogens with zero attached hydrogens (tertiary/aromatic N) is 3. The Balaban J connectivity index is 1.73. The van der Waals surface area contributed by atoms with Gasteiger partial charge in [0.05, 0.1) is 23.9 Å². The van der Waals surface area contributed by atoms with Crippen LogP contribution in [0.25, 0.3) is 16.6 Å². The molecule has 7 nitrogen and oxygen atoms in total. The fraction of sp³-hybridized carbons (Fsp3) is 0.150. The van der Waals surface area contributed by atoms with Crippen molar-refractivity contribution in [2.75, 3.05) is 13.7 Å². The highest BCUT2D eigenvalue weighted by molar-refractivity contribution is 5.98. The first-order chi connectivity index (χ1) is 13.1. The van der Waals surface area contributed by atoms with Crippen molar-refractivity contribution in [2.24, 2.45) is 5.16 Å². The molecule has 0 aliphatic heterocycles. The Labute approximate surface area is 156 Å². The Morgan fingerprint density at radius 2 is 1.96 bits per heavy atom. The average Bonchev–Trinajstić information content (AvgIpc) is 3.12. The maximum Gasteiger partial charge on any atom is 0.175 e. The molecule has 0 bridgehead atoms. The zero-order chi connectivity index (χ0) is 19.2. The Hall–Kier alpha value is -3.79. The summed E-state index contributed by atoms with van der Waals surface area (Å²) in [7, 11) is 1.60. The third-order valence-corrected chi connectivity index (χ3v) is 3.94. The standard InChI is InChI=1S/C20H18N4O3/c1-13(14-7-9-15(26-2)10-8-14)24-27-12-19(25)16(11-21)20-22-17-5-3-4-6-18(17)23-20/h3-10,25H,12H2,1-2H3,(H,22,23)/b19-16-,24-13?. The molecule has 3 aromatic rings. The molecular weight excluding hydrogens is 344 g/mol. The second kappa shape index (κ2) is 8.06. The quantitative estimate of drug-likeness (QED) is 0.300. The first-order valence-electron chi connectivity index (χ1n) is 8.20. The molecule has 0 fully saturated rings. The summed E-state index contributed by atoms with van der Waals surface area (Å²) in [4.78, 5) is 12.5. The van der Waals surface area contributed by atoms with E-state index in [2.05, 4.69) is 15.1 Å². The van der Waals surface area contributed by atoms with Crippen molar-refractivity contribution >= 4 is 22.3 Å². The van der Waals surface area contributed by atoms with Crippen molar-refractivity contribution in [3.63, 3.8) is 0 Å². The number of nitriles is 1. The third-order valence-electron chi connectivity index (χ3n) is 3.94. The van der Waals surface area contributed by atoms with Crippen LogP contribution in [0.2, 0.25) is 0 Å². The lowest BCUT2D eigenvalue weighted by Crippen LogP contribution is -2.01. The molecule has 0 aliphatic carbocycles. The number of rotatable bonds is 6.